The molecular formula is C26H50O6. The van der Waals surface area contributed by atoms with E-state index in [1.165, 1.54) is 64.2 Å². The van der Waals surface area contributed by atoms with Crippen molar-refractivity contribution >= 4 is 0 Å². The molecule has 2 fully saturated rings. The zero-order valence-electron chi connectivity index (χ0n) is 20.7. The lowest BCUT2D eigenvalue weighted by Gasteiger charge is -2.35. The Balaban J connectivity index is 1.66. The largest absolute Gasteiger partial charge is 0.394 e. The van der Waals surface area contributed by atoms with E-state index < -0.39 is 6.10 Å². The molecule has 0 saturated carbocycles. The SMILES string of the molecule is CCCCCCCCCCCC[C@@H](OCOC)[C@H]1CC[C@H]([C@H]2CCC[C@@H]([C@H](O)CO)O2)O1. The van der Waals surface area contributed by atoms with Gasteiger partial charge in [-0.15, -0.1) is 0 Å². The third kappa shape index (κ3) is 10.4. The Morgan fingerprint density at radius 1 is 0.812 bits per heavy atom. The highest BCUT2D eigenvalue weighted by Gasteiger charge is 2.39. The number of aliphatic hydroxyl groups is 2. The molecule has 2 aliphatic heterocycles. The van der Waals surface area contributed by atoms with Crippen molar-refractivity contribution in [2.75, 3.05) is 20.5 Å². The molecule has 2 N–H and O–H groups in total. The molecule has 0 aromatic rings. The number of aliphatic hydroxyl groups excluding tert-OH is 2. The second kappa shape index (κ2) is 17.2. The highest BCUT2D eigenvalue weighted by atomic mass is 16.7. The van der Waals surface area contributed by atoms with Crippen LogP contribution in [0, 0.1) is 0 Å². The predicted octanol–water partition coefficient (Wildman–Crippen LogP) is 5.13. The number of unbranched alkanes of at least 4 members (excludes halogenated alkanes) is 9. The van der Waals surface area contributed by atoms with E-state index in [1.54, 1.807) is 7.11 Å². The number of rotatable bonds is 18. The Hall–Kier alpha value is -0.240. The van der Waals surface area contributed by atoms with Gasteiger partial charge in [-0.05, 0) is 38.5 Å². The van der Waals surface area contributed by atoms with Crippen LogP contribution in [-0.4, -0.2) is 67.3 Å². The Bertz CT molecular complexity index is 448. The van der Waals surface area contributed by atoms with Gasteiger partial charge >= 0.3 is 0 Å². The van der Waals surface area contributed by atoms with Crippen LogP contribution in [0.4, 0.5) is 0 Å². The molecule has 0 spiro atoms. The van der Waals surface area contributed by atoms with Gasteiger partial charge in [0.25, 0.3) is 0 Å². The summed E-state index contributed by atoms with van der Waals surface area (Å²) in [4.78, 5) is 0. The molecule has 0 unspecified atom stereocenters. The highest BCUT2D eigenvalue weighted by molar-refractivity contribution is 4.88. The summed E-state index contributed by atoms with van der Waals surface area (Å²) in [5.74, 6) is 0. The van der Waals surface area contributed by atoms with Crippen LogP contribution >= 0.6 is 0 Å². The van der Waals surface area contributed by atoms with Crippen LogP contribution in [0.5, 0.6) is 0 Å². The van der Waals surface area contributed by atoms with Crippen molar-refractivity contribution in [3.63, 3.8) is 0 Å². The lowest BCUT2D eigenvalue weighted by molar-refractivity contribution is -0.175. The molecule has 0 amide bonds. The van der Waals surface area contributed by atoms with E-state index in [9.17, 15) is 10.2 Å². The van der Waals surface area contributed by atoms with Crippen molar-refractivity contribution in [1.82, 2.24) is 0 Å². The first-order valence-electron chi connectivity index (χ1n) is 13.4. The number of hydrogen-bond acceptors (Lipinski definition) is 6. The summed E-state index contributed by atoms with van der Waals surface area (Å²) in [5, 5.41) is 19.2. The van der Waals surface area contributed by atoms with Crippen LogP contribution in [0.3, 0.4) is 0 Å². The summed E-state index contributed by atoms with van der Waals surface area (Å²) in [5.41, 5.74) is 0. The molecule has 2 saturated heterocycles. The van der Waals surface area contributed by atoms with Crippen LogP contribution in [0.1, 0.15) is 110 Å². The fourth-order valence-electron chi connectivity index (χ4n) is 5.16. The van der Waals surface area contributed by atoms with Gasteiger partial charge in [0, 0.05) is 7.11 Å². The number of hydrogen-bond donors (Lipinski definition) is 2. The Kier molecular flexibility index (Phi) is 15.1. The van der Waals surface area contributed by atoms with Gasteiger partial charge in [0.05, 0.1) is 37.1 Å². The molecule has 6 nitrogen and oxygen atoms in total. The molecule has 0 radical (unpaired) electrons. The van der Waals surface area contributed by atoms with Crippen molar-refractivity contribution in [3.05, 3.63) is 0 Å². The van der Waals surface area contributed by atoms with Crippen molar-refractivity contribution in [3.8, 4) is 0 Å². The second-order valence-electron chi connectivity index (χ2n) is 9.77. The summed E-state index contributed by atoms with van der Waals surface area (Å²) >= 11 is 0. The van der Waals surface area contributed by atoms with E-state index in [0.29, 0.717) is 6.79 Å². The van der Waals surface area contributed by atoms with Crippen LogP contribution in [0.25, 0.3) is 0 Å². The van der Waals surface area contributed by atoms with Crippen molar-refractivity contribution in [2.45, 2.75) is 146 Å². The molecule has 2 heterocycles. The number of ether oxygens (including phenoxy) is 4. The molecule has 6 atom stereocenters. The monoisotopic (exact) mass is 458 g/mol. The second-order valence-corrected chi connectivity index (χ2v) is 9.77. The Morgan fingerprint density at radius 3 is 2.09 bits per heavy atom. The van der Waals surface area contributed by atoms with Crippen molar-refractivity contribution < 1.29 is 29.2 Å². The van der Waals surface area contributed by atoms with Gasteiger partial charge in [0.1, 0.15) is 12.9 Å². The van der Waals surface area contributed by atoms with E-state index in [4.69, 9.17) is 18.9 Å². The molecule has 6 heteroatoms. The molecule has 0 aromatic carbocycles. The van der Waals surface area contributed by atoms with E-state index in [-0.39, 0.29) is 37.1 Å². The minimum atomic E-state index is -0.802. The molecule has 32 heavy (non-hydrogen) atoms. The minimum Gasteiger partial charge on any atom is -0.394 e. The van der Waals surface area contributed by atoms with Crippen LogP contribution in [-0.2, 0) is 18.9 Å². The lowest BCUT2D eigenvalue weighted by Crippen LogP contribution is -2.43. The van der Waals surface area contributed by atoms with Gasteiger partial charge < -0.3 is 29.2 Å². The molecule has 0 aliphatic carbocycles. The summed E-state index contributed by atoms with van der Waals surface area (Å²) in [6, 6.07) is 0. The molecule has 2 aliphatic rings. The van der Waals surface area contributed by atoms with Crippen molar-refractivity contribution in [2.24, 2.45) is 0 Å². The van der Waals surface area contributed by atoms with Crippen LogP contribution < -0.4 is 0 Å². The first-order valence-corrected chi connectivity index (χ1v) is 13.4. The number of methoxy groups -OCH3 is 1. The topological polar surface area (TPSA) is 77.4 Å². The van der Waals surface area contributed by atoms with Crippen LogP contribution in [0.15, 0.2) is 0 Å². The fourth-order valence-corrected chi connectivity index (χ4v) is 5.16. The normalized spacial score (nSPS) is 28.1. The zero-order valence-corrected chi connectivity index (χ0v) is 20.7. The highest BCUT2D eigenvalue weighted by Crippen LogP contribution is 2.34. The van der Waals surface area contributed by atoms with E-state index in [1.807, 2.05) is 0 Å². The standard InChI is InChI=1S/C26H50O6/c1-3-4-5-6-7-8-9-10-11-12-14-23(30-20-29-2)25-17-18-26(32-25)24-16-13-15-22(31-24)21(28)19-27/h21-28H,3-20H2,1-2H3/t21-,22+,23-,24-,25-,26-/m1/s1. The van der Waals surface area contributed by atoms with Gasteiger partial charge in [-0.1, -0.05) is 71.1 Å². The predicted molar refractivity (Wildman–Crippen MR) is 127 cm³/mol. The summed E-state index contributed by atoms with van der Waals surface area (Å²) in [6.45, 7) is 2.32. The molecule has 2 rings (SSSR count). The zero-order chi connectivity index (χ0) is 23.0. The van der Waals surface area contributed by atoms with Gasteiger partial charge in [-0.3, -0.25) is 0 Å². The smallest absolute Gasteiger partial charge is 0.146 e. The van der Waals surface area contributed by atoms with E-state index in [0.717, 1.165) is 38.5 Å². The third-order valence-corrected chi connectivity index (χ3v) is 7.10. The molecule has 0 aromatic heterocycles. The quantitative estimate of drug-likeness (QED) is 0.219. The summed E-state index contributed by atoms with van der Waals surface area (Å²) in [6.07, 6.45) is 18.1. The maximum atomic E-state index is 9.95. The van der Waals surface area contributed by atoms with Gasteiger partial charge in [0.15, 0.2) is 0 Å². The van der Waals surface area contributed by atoms with E-state index >= 15 is 0 Å². The van der Waals surface area contributed by atoms with E-state index in [2.05, 4.69) is 6.92 Å². The fraction of sp³-hybridized carbons (Fsp3) is 1.00. The molecule has 190 valence electrons. The molecule has 0 bridgehead atoms. The van der Waals surface area contributed by atoms with Crippen LogP contribution in [0.2, 0.25) is 0 Å². The average molecular weight is 459 g/mol. The Labute approximate surface area is 196 Å². The lowest BCUT2D eigenvalue weighted by atomic mass is 9.96. The van der Waals surface area contributed by atoms with Gasteiger partial charge in [-0.2, -0.15) is 0 Å². The average Bonchev–Trinajstić information content (AvgIpc) is 3.32. The third-order valence-electron chi connectivity index (χ3n) is 7.10. The summed E-state index contributed by atoms with van der Waals surface area (Å²) < 4.78 is 23.7. The summed E-state index contributed by atoms with van der Waals surface area (Å²) in [7, 11) is 1.67. The first-order chi connectivity index (χ1) is 15.7. The maximum Gasteiger partial charge on any atom is 0.146 e. The minimum absolute atomic E-state index is 0.000325. The Morgan fingerprint density at radius 2 is 1.44 bits per heavy atom. The first kappa shape index (κ1) is 28.0. The molecular weight excluding hydrogens is 408 g/mol. The van der Waals surface area contributed by atoms with Gasteiger partial charge in [-0.25, -0.2) is 0 Å². The van der Waals surface area contributed by atoms with Crippen molar-refractivity contribution in [1.29, 1.82) is 0 Å². The van der Waals surface area contributed by atoms with Gasteiger partial charge in [0.2, 0.25) is 0 Å². The maximum absolute atomic E-state index is 9.95.